The molecule has 2 heterocycles. The van der Waals surface area contributed by atoms with Gasteiger partial charge in [0, 0.05) is 44.2 Å². The molecule has 0 spiro atoms. The van der Waals surface area contributed by atoms with Gasteiger partial charge < -0.3 is 15.4 Å². The van der Waals surface area contributed by atoms with Crippen molar-refractivity contribution in [1.82, 2.24) is 9.80 Å². The van der Waals surface area contributed by atoms with Crippen LogP contribution >= 0.6 is 35.7 Å². The van der Waals surface area contributed by atoms with E-state index in [2.05, 4.69) is 28.6 Å². The predicted octanol–water partition coefficient (Wildman–Crippen LogP) is 1.32. The van der Waals surface area contributed by atoms with Gasteiger partial charge in [-0.2, -0.15) is 11.8 Å². The molecule has 2 rings (SSSR count). The Bertz CT molecular complexity index is 324. The van der Waals surface area contributed by atoms with E-state index in [4.69, 9.17) is 10.5 Å². The number of aliphatic imine (C=N–C) groups is 1. The summed E-state index contributed by atoms with van der Waals surface area (Å²) in [6, 6.07) is 0. The summed E-state index contributed by atoms with van der Waals surface area (Å²) in [4.78, 5) is 9.20. The average molecular weight is 428 g/mol. The third-order valence-corrected chi connectivity index (χ3v) is 4.58. The first kappa shape index (κ1) is 19.3. The first-order valence-corrected chi connectivity index (χ1v) is 8.77. The minimum absolute atomic E-state index is 0. The molecule has 1 unspecified atom stereocenters. The zero-order valence-corrected chi connectivity index (χ0v) is 16.3. The zero-order chi connectivity index (χ0) is 14.4. The second-order valence-electron chi connectivity index (χ2n) is 5.94. The van der Waals surface area contributed by atoms with Gasteiger partial charge in [-0.25, -0.2) is 0 Å². The van der Waals surface area contributed by atoms with Crippen molar-refractivity contribution in [2.75, 3.05) is 57.4 Å². The molecule has 0 aliphatic carbocycles. The van der Waals surface area contributed by atoms with Gasteiger partial charge in [-0.05, 0) is 5.92 Å². The van der Waals surface area contributed by atoms with Gasteiger partial charge in [0.25, 0.3) is 0 Å². The minimum atomic E-state index is 0. The number of halogens is 1. The largest absolute Gasteiger partial charge is 0.374 e. The summed E-state index contributed by atoms with van der Waals surface area (Å²) in [6.07, 6.45) is 0.195. The Morgan fingerprint density at radius 3 is 2.71 bits per heavy atom. The fraction of sp³-hybridized carbons (Fsp3) is 0.929. The Kier molecular flexibility index (Phi) is 9.31. The van der Waals surface area contributed by atoms with Gasteiger partial charge >= 0.3 is 0 Å². The minimum Gasteiger partial charge on any atom is -0.374 e. The molecule has 0 saturated carbocycles. The highest BCUT2D eigenvalue weighted by atomic mass is 127. The van der Waals surface area contributed by atoms with Crippen LogP contribution in [0.3, 0.4) is 0 Å². The first-order chi connectivity index (χ1) is 9.65. The molecule has 0 radical (unpaired) electrons. The molecule has 2 fully saturated rings. The molecule has 0 aromatic rings. The van der Waals surface area contributed by atoms with Gasteiger partial charge in [-0.15, -0.1) is 24.0 Å². The Morgan fingerprint density at radius 2 is 2.05 bits per heavy atom. The van der Waals surface area contributed by atoms with Gasteiger partial charge in [-0.1, -0.05) is 13.8 Å². The number of guanidine groups is 1. The number of ether oxygens (including phenoxy) is 1. The lowest BCUT2D eigenvalue weighted by atomic mass is 10.2. The number of nitrogens with two attached hydrogens (primary N) is 1. The molecule has 0 aromatic carbocycles. The maximum absolute atomic E-state index is 6.08. The van der Waals surface area contributed by atoms with Crippen LogP contribution in [0.2, 0.25) is 0 Å². The van der Waals surface area contributed by atoms with Gasteiger partial charge in [0.1, 0.15) is 0 Å². The van der Waals surface area contributed by atoms with Crippen LogP contribution in [0, 0.1) is 5.92 Å². The Labute approximate surface area is 150 Å². The number of thioether (sulfide) groups is 1. The van der Waals surface area contributed by atoms with Gasteiger partial charge in [0.05, 0.1) is 19.3 Å². The summed E-state index contributed by atoms with van der Waals surface area (Å²) < 4.78 is 5.80. The van der Waals surface area contributed by atoms with Crippen molar-refractivity contribution in [2.45, 2.75) is 20.0 Å². The van der Waals surface area contributed by atoms with E-state index < -0.39 is 0 Å². The molecule has 1 atom stereocenters. The van der Waals surface area contributed by atoms with Crippen molar-refractivity contribution in [2.24, 2.45) is 16.6 Å². The second kappa shape index (κ2) is 10.1. The van der Waals surface area contributed by atoms with E-state index in [9.17, 15) is 0 Å². The van der Waals surface area contributed by atoms with Gasteiger partial charge in [0.2, 0.25) is 0 Å². The van der Waals surface area contributed by atoms with E-state index in [1.807, 2.05) is 11.8 Å². The lowest BCUT2D eigenvalue weighted by Crippen LogP contribution is -2.46. The van der Waals surface area contributed by atoms with Crippen molar-refractivity contribution in [1.29, 1.82) is 0 Å². The van der Waals surface area contributed by atoms with E-state index >= 15 is 0 Å². The van der Waals surface area contributed by atoms with Crippen LogP contribution in [0.5, 0.6) is 0 Å². The highest BCUT2D eigenvalue weighted by Gasteiger charge is 2.21. The first-order valence-electron chi connectivity index (χ1n) is 7.61. The number of rotatable bonds is 4. The normalized spacial score (nSPS) is 25.0. The van der Waals surface area contributed by atoms with Crippen LogP contribution in [0.4, 0.5) is 0 Å². The van der Waals surface area contributed by atoms with Crippen LogP contribution in [0.25, 0.3) is 0 Å². The van der Waals surface area contributed by atoms with Crippen LogP contribution in [0.1, 0.15) is 13.8 Å². The summed E-state index contributed by atoms with van der Waals surface area (Å²) in [5.74, 6) is 3.69. The summed E-state index contributed by atoms with van der Waals surface area (Å²) in [7, 11) is 0. The number of hydrogen-bond acceptors (Lipinski definition) is 4. The smallest absolute Gasteiger partial charge is 0.191 e. The van der Waals surface area contributed by atoms with Crippen molar-refractivity contribution in [3.63, 3.8) is 0 Å². The fourth-order valence-electron chi connectivity index (χ4n) is 2.66. The molecule has 21 heavy (non-hydrogen) atoms. The molecular formula is C14H29IN4OS. The lowest BCUT2D eigenvalue weighted by Gasteiger charge is -2.33. The van der Waals surface area contributed by atoms with E-state index in [1.165, 1.54) is 0 Å². The van der Waals surface area contributed by atoms with E-state index in [0.717, 1.165) is 50.8 Å². The van der Waals surface area contributed by atoms with Crippen LogP contribution in [0.15, 0.2) is 4.99 Å². The predicted molar refractivity (Wildman–Crippen MR) is 102 cm³/mol. The zero-order valence-electron chi connectivity index (χ0n) is 13.2. The van der Waals surface area contributed by atoms with Crippen LogP contribution < -0.4 is 5.73 Å². The lowest BCUT2D eigenvalue weighted by molar-refractivity contribution is -0.0262. The topological polar surface area (TPSA) is 54.1 Å². The Morgan fingerprint density at radius 1 is 1.33 bits per heavy atom. The molecule has 5 nitrogen and oxygen atoms in total. The fourth-order valence-corrected chi connectivity index (χ4v) is 3.56. The van der Waals surface area contributed by atoms with Crippen molar-refractivity contribution in [3.05, 3.63) is 0 Å². The third kappa shape index (κ3) is 6.92. The molecule has 124 valence electrons. The van der Waals surface area contributed by atoms with Crippen LogP contribution in [-0.4, -0.2) is 79.2 Å². The highest BCUT2D eigenvalue weighted by Crippen LogP contribution is 2.10. The molecule has 0 aromatic heterocycles. The number of morpholine rings is 1. The van der Waals surface area contributed by atoms with Gasteiger partial charge in [0.15, 0.2) is 5.96 Å². The monoisotopic (exact) mass is 428 g/mol. The molecule has 7 heteroatoms. The van der Waals surface area contributed by atoms with Crippen molar-refractivity contribution in [3.8, 4) is 0 Å². The third-order valence-electron chi connectivity index (χ3n) is 3.64. The Balaban J connectivity index is 0.00000220. The second-order valence-corrected chi connectivity index (χ2v) is 7.17. The highest BCUT2D eigenvalue weighted by molar-refractivity contribution is 14.0. The molecule has 2 aliphatic heterocycles. The SMILES string of the molecule is CC(C)CN1CCOC(CN=C(N)N2CCSCC2)C1.I. The van der Waals surface area contributed by atoms with E-state index in [-0.39, 0.29) is 30.1 Å². The molecule has 2 aliphatic rings. The number of hydrogen-bond donors (Lipinski definition) is 1. The summed E-state index contributed by atoms with van der Waals surface area (Å²) >= 11 is 1.98. The standard InChI is InChI=1S/C14H28N4OS.HI/c1-12(2)10-17-3-6-19-13(11-17)9-16-14(15)18-4-7-20-8-5-18;/h12-13H,3-11H2,1-2H3,(H2,15,16);1H. The van der Waals surface area contributed by atoms with Gasteiger partial charge in [-0.3, -0.25) is 9.89 Å². The maximum Gasteiger partial charge on any atom is 0.191 e. The maximum atomic E-state index is 6.08. The average Bonchev–Trinajstić information content (AvgIpc) is 2.45. The summed E-state index contributed by atoms with van der Waals surface area (Å²) in [5, 5.41) is 0. The molecular weight excluding hydrogens is 399 g/mol. The van der Waals surface area contributed by atoms with Crippen molar-refractivity contribution < 1.29 is 4.74 Å². The molecule has 0 amide bonds. The molecule has 2 N–H and O–H groups in total. The van der Waals surface area contributed by atoms with Crippen LogP contribution in [-0.2, 0) is 4.74 Å². The molecule has 2 saturated heterocycles. The quantitative estimate of drug-likeness (QED) is 0.416. The van der Waals surface area contributed by atoms with E-state index in [0.29, 0.717) is 18.4 Å². The van der Waals surface area contributed by atoms with E-state index in [1.54, 1.807) is 0 Å². The molecule has 0 bridgehead atoms. The Hall–Kier alpha value is 0.270. The summed E-state index contributed by atoms with van der Waals surface area (Å²) in [6.45, 7) is 11.2. The number of nitrogens with zero attached hydrogens (tertiary/aromatic N) is 3. The van der Waals surface area contributed by atoms with Crippen molar-refractivity contribution >= 4 is 41.7 Å². The summed E-state index contributed by atoms with van der Waals surface area (Å²) in [5.41, 5.74) is 6.08.